The van der Waals surface area contributed by atoms with Gasteiger partial charge in [0.1, 0.15) is 0 Å². The zero-order valence-electron chi connectivity index (χ0n) is 22.9. The Hall–Kier alpha value is -1.68. The molecule has 0 amide bonds. The SMILES string of the molecule is CN(C)C[C]12[CH]3[CH]4[CH]5[C]1(CN(C)C)[Fe]43521678[CH]2[CH]1[CH]6[C]7([Si](c1ccccc1)(c1ccccc1)c1ccccc1)[CH]28. The molecule has 2 nitrogen and oxygen atoms in total. The summed E-state index contributed by atoms with van der Waals surface area (Å²) in [5, 5.41) is 5.22. The predicted molar refractivity (Wildman–Crippen MR) is 155 cm³/mol. The van der Waals surface area contributed by atoms with Gasteiger partial charge in [0, 0.05) is 0 Å². The van der Waals surface area contributed by atoms with Gasteiger partial charge in [0.05, 0.1) is 0 Å². The van der Waals surface area contributed by atoms with Crippen molar-refractivity contribution in [2.75, 3.05) is 41.3 Å². The first-order valence-corrected chi connectivity index (χ1v) is 23.0. The summed E-state index contributed by atoms with van der Waals surface area (Å²) in [6.07, 6.45) is 0. The molecule has 10 saturated heterocycles. The summed E-state index contributed by atoms with van der Waals surface area (Å²) in [5.41, 5.74) is 0. The number of benzene rings is 3. The summed E-state index contributed by atoms with van der Waals surface area (Å²) in [6.45, 7) is -1.21. The first-order valence-electron chi connectivity index (χ1n) is 14.9. The zero-order valence-corrected chi connectivity index (χ0v) is 25.0. The van der Waals surface area contributed by atoms with Crippen molar-refractivity contribution in [3.63, 3.8) is 0 Å². The van der Waals surface area contributed by atoms with Crippen molar-refractivity contribution in [2.24, 2.45) is 0 Å². The minimum absolute atomic E-state index is 0.701. The van der Waals surface area contributed by atoms with Crippen LogP contribution in [0.4, 0.5) is 0 Å². The molecule has 10 aliphatic heterocycles. The van der Waals surface area contributed by atoms with Gasteiger partial charge in [-0.2, -0.15) is 0 Å². The van der Waals surface area contributed by atoms with E-state index in [0.29, 0.717) is 3.94 Å². The topological polar surface area (TPSA) is 6.48 Å². The van der Waals surface area contributed by atoms with Crippen LogP contribution in [-0.2, 0) is 6.51 Å². The fraction of sp³-hybridized carbons (Fsp3) is 0.471. The van der Waals surface area contributed by atoms with Crippen molar-refractivity contribution in [1.29, 1.82) is 0 Å². The van der Waals surface area contributed by atoms with E-state index in [0.717, 1.165) is 8.63 Å². The molecule has 10 fully saturated rings. The van der Waals surface area contributed by atoms with Crippen LogP contribution in [0.25, 0.3) is 0 Å². The molecule has 10 aliphatic rings. The van der Waals surface area contributed by atoms with Crippen LogP contribution in [-0.4, -0.2) is 59.2 Å². The van der Waals surface area contributed by atoms with Crippen LogP contribution in [0.15, 0.2) is 91.0 Å². The molecule has 0 N–H and O–H groups in total. The summed E-state index contributed by atoms with van der Waals surface area (Å²) in [7, 11) is 7.36. The van der Waals surface area contributed by atoms with E-state index in [1.807, 2.05) is 0 Å². The molecule has 8 unspecified atom stereocenters. The van der Waals surface area contributed by atoms with Crippen molar-refractivity contribution in [1.82, 2.24) is 9.80 Å². The van der Waals surface area contributed by atoms with E-state index in [1.165, 1.54) is 46.8 Å². The molecule has 0 radical (unpaired) electrons. The van der Waals surface area contributed by atoms with Crippen molar-refractivity contribution in [3.8, 4) is 0 Å². The number of fused-ring (bicyclic) bond motifs is 10. The van der Waals surface area contributed by atoms with Crippen LogP contribution in [0.2, 0.25) is 46.3 Å². The average Bonchev–Trinajstić information content (AvgIpc) is 3.88. The Morgan fingerprint density at radius 2 is 0.921 bits per heavy atom. The molecule has 0 bridgehead atoms. The summed E-state index contributed by atoms with van der Waals surface area (Å²) >= 11 is 0. The van der Waals surface area contributed by atoms with Gasteiger partial charge in [0.2, 0.25) is 0 Å². The number of rotatable bonds is 8. The van der Waals surface area contributed by atoms with Crippen molar-refractivity contribution in [3.05, 3.63) is 91.0 Å². The van der Waals surface area contributed by atoms with Crippen molar-refractivity contribution in [2.45, 2.75) is 46.3 Å². The molecule has 196 valence electrons. The quantitative estimate of drug-likeness (QED) is 0.273. The van der Waals surface area contributed by atoms with E-state index in [2.05, 4.69) is 129 Å². The average molecular weight is 559 g/mol. The molecule has 1 spiro atoms. The second-order valence-electron chi connectivity index (χ2n) is 17.5. The Labute approximate surface area is 217 Å². The Balaban J connectivity index is 1.24. The van der Waals surface area contributed by atoms with Crippen LogP contribution in [0.3, 0.4) is 0 Å². The Bertz CT molecular complexity index is 1950. The van der Waals surface area contributed by atoms with Gasteiger partial charge < -0.3 is 0 Å². The number of nitrogens with zero attached hydrogens (tertiary/aromatic N) is 2. The summed E-state index contributed by atoms with van der Waals surface area (Å²) in [6, 6.07) is 36.6. The monoisotopic (exact) mass is 558 g/mol. The molecule has 13 rings (SSSR count). The summed E-state index contributed by atoms with van der Waals surface area (Å²) in [4.78, 5) is 13.9. The third kappa shape index (κ3) is 0.425. The van der Waals surface area contributed by atoms with Crippen LogP contribution in [0.1, 0.15) is 0 Å². The van der Waals surface area contributed by atoms with Crippen molar-refractivity contribution >= 4 is 23.6 Å². The molecule has 4 heteroatoms. The predicted octanol–water partition coefficient (Wildman–Crippen LogP) is 5.32. The zero-order chi connectivity index (χ0) is 25.3. The third-order valence-electron chi connectivity index (χ3n) is 20.9. The molecule has 3 aromatic carbocycles. The van der Waals surface area contributed by atoms with Crippen LogP contribution < -0.4 is 15.6 Å². The van der Waals surface area contributed by atoms with E-state index in [1.54, 1.807) is 15.6 Å². The van der Waals surface area contributed by atoms with Crippen LogP contribution in [0.5, 0.6) is 0 Å². The molecule has 0 saturated carbocycles. The maximum atomic E-state index is 2.67. The van der Waals surface area contributed by atoms with Crippen LogP contribution >= 0.6 is 0 Å². The molecular formula is C34H38FeN2Si. The standard InChI is InChI=1S/C23H19Si.C11H19N2.Fe/c1-4-12-20(13-5-1)24(23-18-10-11-19-23,21-14-6-2-7-15-21)22-16-8-3-9-17-22;1-12(2)8-10-6-5-7-11(10)9-13(3)4;/h1-19H;5-7H,8-9H2,1-4H3;. The number of hydrogen-bond acceptors (Lipinski definition) is 2. The van der Waals surface area contributed by atoms with Crippen LogP contribution in [0, 0.1) is 0 Å². The Kier molecular flexibility index (Phi) is 1.47. The fourth-order valence-corrected chi connectivity index (χ4v) is 126. The van der Waals surface area contributed by atoms with Gasteiger partial charge >= 0.3 is 218 Å². The van der Waals surface area contributed by atoms with Gasteiger partial charge in [-0.15, -0.1) is 0 Å². The third-order valence-corrected chi connectivity index (χ3v) is 75.8. The second kappa shape index (κ2) is 2.87. The van der Waals surface area contributed by atoms with Gasteiger partial charge in [-0.1, -0.05) is 0 Å². The molecular weight excluding hydrogens is 520 g/mol. The first kappa shape index (κ1) is 19.4. The Morgan fingerprint density at radius 3 is 1.21 bits per heavy atom. The van der Waals surface area contributed by atoms with Gasteiger partial charge in [-0.05, 0) is 0 Å². The molecule has 10 heterocycles. The van der Waals surface area contributed by atoms with Gasteiger partial charge in [-0.3, -0.25) is 0 Å². The second-order valence-corrected chi connectivity index (χ2v) is 45.1. The van der Waals surface area contributed by atoms with Gasteiger partial charge in [-0.25, -0.2) is 0 Å². The first-order chi connectivity index (χ1) is 18.2. The fourth-order valence-electron chi connectivity index (χ4n) is 23.9. The van der Waals surface area contributed by atoms with Crippen molar-refractivity contribution < 1.29 is 6.51 Å². The Morgan fingerprint density at radius 1 is 0.553 bits per heavy atom. The molecule has 38 heavy (non-hydrogen) atoms. The maximum absolute atomic E-state index is 4.07. The normalized spacial score (nSPS) is 64.3. The van der Waals surface area contributed by atoms with E-state index in [-0.39, 0.29) is 0 Å². The van der Waals surface area contributed by atoms with Gasteiger partial charge in [0.25, 0.3) is 0 Å². The molecule has 0 aromatic heterocycles. The van der Waals surface area contributed by atoms with Gasteiger partial charge in [0.15, 0.2) is 0 Å². The summed E-state index contributed by atoms with van der Waals surface area (Å²) in [5.74, 6) is 0. The molecule has 0 aliphatic carbocycles. The number of hydrogen-bond donors (Lipinski definition) is 0. The van der Waals surface area contributed by atoms with E-state index < -0.39 is 14.6 Å². The molecule has 3 aromatic rings. The summed E-state index contributed by atoms with van der Waals surface area (Å²) < 4.78 is 2.24. The van der Waals surface area contributed by atoms with E-state index >= 15 is 0 Å². The van der Waals surface area contributed by atoms with E-state index in [4.69, 9.17) is 0 Å². The molecule has 8 atom stereocenters. The minimum atomic E-state index is -4.07. The van der Waals surface area contributed by atoms with E-state index in [9.17, 15) is 0 Å².